The number of halogens is 6. The van der Waals surface area contributed by atoms with E-state index in [2.05, 4.69) is 9.47 Å². The number of ether oxygens (including phenoxy) is 3. The summed E-state index contributed by atoms with van der Waals surface area (Å²) in [6.07, 6.45) is -12.9. The Balaban J connectivity index is 2.03. The summed E-state index contributed by atoms with van der Waals surface area (Å²) in [6.45, 7) is 4.48. The Hall–Kier alpha value is -2.27. The predicted molar refractivity (Wildman–Crippen MR) is 89.0 cm³/mol. The number of fused-ring (bicyclic) bond motifs is 3. The molecule has 12 heteroatoms. The van der Waals surface area contributed by atoms with Gasteiger partial charge in [-0.3, -0.25) is 0 Å². The lowest BCUT2D eigenvalue weighted by atomic mass is 9.47. The smallest absolute Gasteiger partial charge is 0.462 e. The standard InChI is InChI=1S/C19H20F6O6/c1-16(2)11-5-4-8-9(7-29-13(8)26)17(11,3)6-10(30-14(27)18(20,21)22)12(16)31-15(28)19(23,24)25/h4,9-12H,5-7H2,1-3H3/t9?,10-,11?,12+,17-/m1/s1. The van der Waals surface area contributed by atoms with Crippen LogP contribution in [-0.4, -0.2) is 49.1 Å². The van der Waals surface area contributed by atoms with Gasteiger partial charge in [-0.05, 0) is 24.2 Å². The summed E-state index contributed by atoms with van der Waals surface area (Å²) in [5, 5.41) is 0. The van der Waals surface area contributed by atoms with Crippen LogP contribution in [0.25, 0.3) is 0 Å². The van der Waals surface area contributed by atoms with Crippen molar-refractivity contribution in [2.24, 2.45) is 22.7 Å². The van der Waals surface area contributed by atoms with Crippen LogP contribution in [0, 0.1) is 22.7 Å². The Morgan fingerprint density at radius 3 is 2.13 bits per heavy atom. The second-order valence-corrected chi connectivity index (χ2v) is 8.90. The first-order valence-corrected chi connectivity index (χ1v) is 9.42. The van der Waals surface area contributed by atoms with E-state index in [0.29, 0.717) is 5.57 Å². The lowest BCUT2D eigenvalue weighted by Gasteiger charge is -2.59. The molecule has 2 aliphatic carbocycles. The molecular weight excluding hydrogens is 438 g/mol. The summed E-state index contributed by atoms with van der Waals surface area (Å²) in [5.41, 5.74) is -1.96. The zero-order valence-corrected chi connectivity index (χ0v) is 16.7. The molecule has 0 radical (unpaired) electrons. The number of carbonyl (C=O) groups is 3. The molecular formula is C19H20F6O6. The molecule has 1 aliphatic heterocycles. The van der Waals surface area contributed by atoms with Gasteiger partial charge in [0.15, 0.2) is 0 Å². The van der Waals surface area contributed by atoms with E-state index in [4.69, 9.17) is 4.74 Å². The molecule has 2 unspecified atom stereocenters. The summed E-state index contributed by atoms with van der Waals surface area (Å²) >= 11 is 0. The number of esters is 3. The third-order valence-corrected chi connectivity index (χ3v) is 6.72. The highest BCUT2D eigenvalue weighted by molar-refractivity contribution is 5.91. The summed E-state index contributed by atoms with van der Waals surface area (Å²) in [5.74, 6) is -6.82. The van der Waals surface area contributed by atoms with Gasteiger partial charge in [0.1, 0.15) is 12.2 Å². The Bertz CT molecular complexity index is 829. The number of cyclic esters (lactones) is 1. The van der Waals surface area contributed by atoms with Crippen LogP contribution in [0.5, 0.6) is 0 Å². The maximum absolute atomic E-state index is 12.8. The molecule has 5 atom stereocenters. The lowest BCUT2D eigenvalue weighted by molar-refractivity contribution is -0.249. The molecule has 3 rings (SSSR count). The molecule has 174 valence electrons. The minimum Gasteiger partial charge on any atom is -0.462 e. The predicted octanol–water partition coefficient (Wildman–Crippen LogP) is 3.49. The Morgan fingerprint density at radius 1 is 1.03 bits per heavy atom. The van der Waals surface area contributed by atoms with Crippen LogP contribution in [0.4, 0.5) is 26.3 Å². The molecule has 2 fully saturated rings. The maximum Gasteiger partial charge on any atom is 0.490 e. The van der Waals surface area contributed by atoms with Crippen molar-refractivity contribution in [3.63, 3.8) is 0 Å². The van der Waals surface area contributed by atoms with E-state index in [1.165, 1.54) is 13.8 Å². The first kappa shape index (κ1) is 23.4. The molecule has 3 aliphatic rings. The zero-order chi connectivity index (χ0) is 23.6. The molecule has 1 saturated heterocycles. The molecule has 0 bridgehead atoms. The quantitative estimate of drug-likeness (QED) is 0.358. The summed E-state index contributed by atoms with van der Waals surface area (Å²) in [4.78, 5) is 35.0. The highest BCUT2D eigenvalue weighted by Gasteiger charge is 2.64. The van der Waals surface area contributed by atoms with E-state index in [0.717, 1.165) is 0 Å². The van der Waals surface area contributed by atoms with Crippen LogP contribution in [0.2, 0.25) is 0 Å². The molecule has 0 amide bonds. The normalized spacial score (nSPS) is 34.7. The van der Waals surface area contributed by atoms with Gasteiger partial charge in [-0.1, -0.05) is 26.8 Å². The van der Waals surface area contributed by atoms with E-state index >= 15 is 0 Å². The van der Waals surface area contributed by atoms with Crippen molar-refractivity contribution < 1.29 is 54.9 Å². The fourth-order valence-corrected chi connectivity index (χ4v) is 5.38. The maximum atomic E-state index is 12.8. The van der Waals surface area contributed by atoms with Crippen molar-refractivity contribution in [3.8, 4) is 0 Å². The number of hydrogen-bond acceptors (Lipinski definition) is 6. The molecule has 6 nitrogen and oxygen atoms in total. The third kappa shape index (κ3) is 3.89. The van der Waals surface area contributed by atoms with Crippen LogP contribution < -0.4 is 0 Å². The third-order valence-electron chi connectivity index (χ3n) is 6.72. The largest absolute Gasteiger partial charge is 0.490 e. The van der Waals surface area contributed by atoms with Gasteiger partial charge in [-0.2, -0.15) is 26.3 Å². The zero-order valence-electron chi connectivity index (χ0n) is 16.7. The van der Waals surface area contributed by atoms with E-state index in [1.807, 2.05) is 0 Å². The first-order chi connectivity index (χ1) is 14.0. The van der Waals surface area contributed by atoms with Crippen molar-refractivity contribution in [3.05, 3.63) is 11.6 Å². The van der Waals surface area contributed by atoms with Crippen molar-refractivity contribution in [2.45, 2.75) is 58.2 Å². The average molecular weight is 458 g/mol. The van der Waals surface area contributed by atoms with Crippen LogP contribution in [-0.2, 0) is 28.6 Å². The van der Waals surface area contributed by atoms with E-state index in [-0.39, 0.29) is 19.4 Å². The molecule has 0 aromatic heterocycles. The van der Waals surface area contributed by atoms with Crippen LogP contribution in [0.1, 0.15) is 33.6 Å². The van der Waals surface area contributed by atoms with E-state index in [9.17, 15) is 40.7 Å². The topological polar surface area (TPSA) is 78.9 Å². The second-order valence-electron chi connectivity index (χ2n) is 8.90. The van der Waals surface area contributed by atoms with Gasteiger partial charge in [0.25, 0.3) is 0 Å². The van der Waals surface area contributed by atoms with Gasteiger partial charge in [0.2, 0.25) is 0 Å². The molecule has 0 spiro atoms. The van der Waals surface area contributed by atoms with E-state index in [1.54, 1.807) is 13.0 Å². The number of hydrogen-bond donors (Lipinski definition) is 0. The van der Waals surface area contributed by atoms with Crippen molar-refractivity contribution in [1.82, 2.24) is 0 Å². The Kier molecular flexibility index (Phi) is 5.38. The number of alkyl halides is 6. The molecule has 1 saturated carbocycles. The highest BCUT2D eigenvalue weighted by atomic mass is 19.4. The second kappa shape index (κ2) is 7.13. The minimum absolute atomic E-state index is 0.0549. The summed E-state index contributed by atoms with van der Waals surface area (Å²) in [6, 6.07) is 0. The molecule has 1 heterocycles. The van der Waals surface area contributed by atoms with Crippen LogP contribution >= 0.6 is 0 Å². The van der Waals surface area contributed by atoms with Gasteiger partial charge in [0, 0.05) is 16.9 Å². The SMILES string of the molecule is CC1(C)C2CC=C3C(=O)OCC3[C@@]2(C)C[C@@H](OC(=O)C(F)(F)F)[C@@H]1OC(=O)C(F)(F)F. The summed E-state index contributed by atoms with van der Waals surface area (Å²) < 4.78 is 91.2. The first-order valence-electron chi connectivity index (χ1n) is 9.42. The van der Waals surface area contributed by atoms with E-state index < -0.39 is 65.1 Å². The number of rotatable bonds is 2. The molecule has 0 aromatic rings. The molecule has 0 N–H and O–H groups in total. The van der Waals surface area contributed by atoms with Crippen molar-refractivity contribution in [1.29, 1.82) is 0 Å². The van der Waals surface area contributed by atoms with Gasteiger partial charge >= 0.3 is 30.3 Å². The number of carbonyl (C=O) groups excluding carboxylic acids is 3. The molecule has 0 aromatic carbocycles. The van der Waals surface area contributed by atoms with Crippen molar-refractivity contribution >= 4 is 17.9 Å². The lowest BCUT2D eigenvalue weighted by Crippen LogP contribution is -2.62. The number of allylic oxidation sites excluding steroid dienone is 1. The highest BCUT2D eigenvalue weighted by Crippen LogP contribution is 2.62. The van der Waals surface area contributed by atoms with Crippen LogP contribution in [0.3, 0.4) is 0 Å². The van der Waals surface area contributed by atoms with Crippen molar-refractivity contribution in [2.75, 3.05) is 6.61 Å². The van der Waals surface area contributed by atoms with Gasteiger partial charge in [-0.25, -0.2) is 14.4 Å². The fraction of sp³-hybridized carbons (Fsp3) is 0.737. The van der Waals surface area contributed by atoms with Crippen LogP contribution in [0.15, 0.2) is 11.6 Å². The summed E-state index contributed by atoms with van der Waals surface area (Å²) in [7, 11) is 0. The Labute approximate surface area is 172 Å². The minimum atomic E-state index is -5.40. The van der Waals surface area contributed by atoms with Gasteiger partial charge in [0.05, 0.1) is 6.61 Å². The molecule has 31 heavy (non-hydrogen) atoms. The average Bonchev–Trinajstić information content (AvgIpc) is 2.98. The van der Waals surface area contributed by atoms with Gasteiger partial charge in [-0.15, -0.1) is 0 Å². The fourth-order valence-electron chi connectivity index (χ4n) is 5.38. The monoisotopic (exact) mass is 458 g/mol. The van der Waals surface area contributed by atoms with Gasteiger partial charge < -0.3 is 14.2 Å². The Morgan fingerprint density at radius 2 is 1.58 bits per heavy atom.